The molecule has 0 aliphatic heterocycles. The van der Waals surface area contributed by atoms with E-state index in [9.17, 15) is 0 Å². The molecule has 0 heterocycles. The van der Waals surface area contributed by atoms with E-state index >= 15 is 0 Å². The van der Waals surface area contributed by atoms with Crippen molar-refractivity contribution in [2.24, 2.45) is 11.8 Å². The Morgan fingerprint density at radius 2 is 1.70 bits per heavy atom. The molecule has 62 valence electrons. The first-order chi connectivity index (χ1) is 4.57. The van der Waals surface area contributed by atoms with Crippen molar-refractivity contribution in [3.8, 4) is 0 Å². The fraction of sp³-hybridized carbons (Fsp3) is 1.00. The molecule has 0 rings (SSSR count). The summed E-state index contributed by atoms with van der Waals surface area (Å²) in [7, 11) is 0. The van der Waals surface area contributed by atoms with E-state index in [4.69, 9.17) is 10.2 Å². The molecule has 0 radical (unpaired) electrons. The van der Waals surface area contributed by atoms with Crippen LogP contribution >= 0.6 is 0 Å². The van der Waals surface area contributed by atoms with E-state index in [0.717, 1.165) is 12.8 Å². The van der Waals surface area contributed by atoms with E-state index < -0.39 is 6.29 Å². The molecule has 0 bridgehead atoms. The maximum Gasteiger partial charge on any atom is 0.154 e. The number of aliphatic hydroxyl groups excluding tert-OH is 1. The van der Waals surface area contributed by atoms with Crippen LogP contribution < -0.4 is 0 Å². The number of aliphatic hydroxyl groups is 2. The van der Waals surface area contributed by atoms with Crippen molar-refractivity contribution in [1.29, 1.82) is 0 Å². The molecule has 0 aliphatic rings. The highest BCUT2D eigenvalue weighted by atomic mass is 16.5. The summed E-state index contributed by atoms with van der Waals surface area (Å²) in [4.78, 5) is 0. The van der Waals surface area contributed by atoms with Crippen LogP contribution in [0.2, 0.25) is 0 Å². The molecule has 0 aromatic heterocycles. The quantitative estimate of drug-likeness (QED) is 0.588. The maximum absolute atomic E-state index is 8.82. The molecule has 0 fully saturated rings. The van der Waals surface area contributed by atoms with Crippen LogP contribution in [0.25, 0.3) is 0 Å². The first-order valence-electron chi connectivity index (χ1n) is 3.94. The van der Waals surface area contributed by atoms with Crippen LogP contribution in [-0.4, -0.2) is 16.5 Å². The minimum absolute atomic E-state index is 0.0556. The van der Waals surface area contributed by atoms with Gasteiger partial charge in [0, 0.05) is 5.92 Å². The molecule has 0 saturated carbocycles. The van der Waals surface area contributed by atoms with Crippen LogP contribution in [0.15, 0.2) is 0 Å². The van der Waals surface area contributed by atoms with Gasteiger partial charge in [-0.3, -0.25) is 0 Å². The van der Waals surface area contributed by atoms with Gasteiger partial charge in [-0.25, -0.2) is 0 Å². The molecule has 0 amide bonds. The van der Waals surface area contributed by atoms with Crippen molar-refractivity contribution >= 4 is 0 Å². The fourth-order valence-corrected chi connectivity index (χ4v) is 1.10. The Hall–Kier alpha value is -0.0800. The van der Waals surface area contributed by atoms with E-state index in [1.165, 1.54) is 0 Å². The van der Waals surface area contributed by atoms with Crippen LogP contribution in [0, 0.1) is 11.8 Å². The zero-order chi connectivity index (χ0) is 8.15. The molecule has 0 aromatic rings. The zero-order valence-electron chi connectivity index (χ0n) is 7.04. The lowest BCUT2D eigenvalue weighted by atomic mass is 9.94. The van der Waals surface area contributed by atoms with E-state index in [1.54, 1.807) is 0 Å². The second kappa shape index (κ2) is 4.69. The summed E-state index contributed by atoms with van der Waals surface area (Å²) in [6, 6.07) is 0. The Balaban J connectivity index is 3.60. The molecule has 0 saturated heterocycles. The van der Waals surface area contributed by atoms with E-state index in [0.29, 0.717) is 5.92 Å². The third kappa shape index (κ3) is 3.85. The Morgan fingerprint density at radius 3 is 1.80 bits per heavy atom. The summed E-state index contributed by atoms with van der Waals surface area (Å²) in [5.41, 5.74) is 0. The number of hydrogen-bond acceptors (Lipinski definition) is 2. The van der Waals surface area contributed by atoms with E-state index in [2.05, 4.69) is 13.8 Å². The summed E-state index contributed by atoms with van der Waals surface area (Å²) in [6.45, 7) is 6.16. The van der Waals surface area contributed by atoms with Crippen molar-refractivity contribution in [3.63, 3.8) is 0 Å². The minimum Gasteiger partial charge on any atom is -0.368 e. The lowest BCUT2D eigenvalue weighted by Crippen LogP contribution is -2.20. The predicted molar refractivity (Wildman–Crippen MR) is 41.5 cm³/mol. The second-order valence-electron chi connectivity index (χ2n) is 3.21. The van der Waals surface area contributed by atoms with Crippen molar-refractivity contribution in [1.82, 2.24) is 0 Å². The average molecular weight is 146 g/mol. The Kier molecular flexibility index (Phi) is 4.65. The molecule has 2 N–H and O–H groups in total. The molecular weight excluding hydrogens is 128 g/mol. The summed E-state index contributed by atoms with van der Waals surface area (Å²) < 4.78 is 0. The smallest absolute Gasteiger partial charge is 0.154 e. The van der Waals surface area contributed by atoms with Gasteiger partial charge in [-0.2, -0.15) is 0 Å². The van der Waals surface area contributed by atoms with E-state index in [1.807, 2.05) is 6.92 Å². The van der Waals surface area contributed by atoms with Gasteiger partial charge in [-0.1, -0.05) is 20.8 Å². The van der Waals surface area contributed by atoms with Crippen LogP contribution in [0.3, 0.4) is 0 Å². The van der Waals surface area contributed by atoms with Gasteiger partial charge in [0.2, 0.25) is 0 Å². The van der Waals surface area contributed by atoms with Gasteiger partial charge < -0.3 is 10.2 Å². The molecule has 1 unspecified atom stereocenters. The molecule has 2 heteroatoms. The Labute approximate surface area is 62.9 Å². The fourth-order valence-electron chi connectivity index (χ4n) is 1.10. The average Bonchev–Trinajstić information content (AvgIpc) is 1.81. The standard InChI is InChI=1S/C8H18O2/c1-4-7(8(9)10)5-6(2)3/h6-10H,4-5H2,1-3H3. The van der Waals surface area contributed by atoms with Crippen molar-refractivity contribution in [2.45, 2.75) is 39.9 Å². The summed E-state index contributed by atoms with van der Waals surface area (Å²) in [6.07, 6.45) is 0.608. The molecule has 0 aliphatic carbocycles. The van der Waals surface area contributed by atoms with Crippen molar-refractivity contribution in [3.05, 3.63) is 0 Å². The van der Waals surface area contributed by atoms with Crippen molar-refractivity contribution < 1.29 is 10.2 Å². The maximum atomic E-state index is 8.82. The summed E-state index contributed by atoms with van der Waals surface area (Å²) >= 11 is 0. The van der Waals surface area contributed by atoms with Gasteiger partial charge in [0.05, 0.1) is 0 Å². The Morgan fingerprint density at radius 1 is 1.20 bits per heavy atom. The van der Waals surface area contributed by atoms with Crippen LogP contribution in [0.4, 0.5) is 0 Å². The second-order valence-corrected chi connectivity index (χ2v) is 3.21. The van der Waals surface area contributed by atoms with Gasteiger partial charge in [-0.05, 0) is 18.8 Å². The first kappa shape index (κ1) is 9.92. The highest BCUT2D eigenvalue weighted by Gasteiger charge is 2.15. The van der Waals surface area contributed by atoms with Gasteiger partial charge in [0.25, 0.3) is 0 Å². The predicted octanol–water partition coefficient (Wildman–Crippen LogP) is 1.37. The van der Waals surface area contributed by atoms with Gasteiger partial charge in [0.1, 0.15) is 0 Å². The number of hydrogen-bond donors (Lipinski definition) is 2. The van der Waals surface area contributed by atoms with Gasteiger partial charge in [-0.15, -0.1) is 0 Å². The number of rotatable bonds is 4. The highest BCUT2D eigenvalue weighted by molar-refractivity contribution is 4.60. The highest BCUT2D eigenvalue weighted by Crippen LogP contribution is 2.17. The van der Waals surface area contributed by atoms with Crippen LogP contribution in [0.5, 0.6) is 0 Å². The van der Waals surface area contributed by atoms with Crippen LogP contribution in [0.1, 0.15) is 33.6 Å². The van der Waals surface area contributed by atoms with Crippen LogP contribution in [-0.2, 0) is 0 Å². The topological polar surface area (TPSA) is 40.5 Å². The lowest BCUT2D eigenvalue weighted by Gasteiger charge is -2.18. The molecule has 2 nitrogen and oxygen atoms in total. The monoisotopic (exact) mass is 146 g/mol. The largest absolute Gasteiger partial charge is 0.368 e. The van der Waals surface area contributed by atoms with E-state index in [-0.39, 0.29) is 5.92 Å². The molecule has 10 heavy (non-hydrogen) atoms. The molecular formula is C8H18O2. The molecule has 0 aromatic carbocycles. The minimum atomic E-state index is -1.13. The normalized spacial score (nSPS) is 14.7. The Bertz CT molecular complexity index is 79.3. The SMILES string of the molecule is CCC(CC(C)C)C(O)O. The van der Waals surface area contributed by atoms with Crippen molar-refractivity contribution in [2.75, 3.05) is 0 Å². The first-order valence-corrected chi connectivity index (χ1v) is 3.94. The van der Waals surface area contributed by atoms with Gasteiger partial charge >= 0.3 is 0 Å². The van der Waals surface area contributed by atoms with Gasteiger partial charge in [0.15, 0.2) is 6.29 Å². The molecule has 1 atom stereocenters. The lowest BCUT2D eigenvalue weighted by molar-refractivity contribution is -0.0895. The zero-order valence-corrected chi connectivity index (χ0v) is 7.04. The molecule has 0 spiro atoms. The summed E-state index contributed by atoms with van der Waals surface area (Å²) in [5.74, 6) is 0.603. The third-order valence-electron chi connectivity index (χ3n) is 1.72. The summed E-state index contributed by atoms with van der Waals surface area (Å²) in [5, 5.41) is 17.6. The third-order valence-corrected chi connectivity index (χ3v) is 1.72.